The van der Waals surface area contributed by atoms with Gasteiger partial charge in [-0.3, -0.25) is 9.59 Å². The van der Waals surface area contributed by atoms with Crippen molar-refractivity contribution in [2.24, 2.45) is 5.92 Å². The van der Waals surface area contributed by atoms with Crippen molar-refractivity contribution >= 4 is 11.9 Å². The number of rotatable bonds is 6. The molecule has 2 atom stereocenters. The number of carbonyl (C=O) groups is 2. The van der Waals surface area contributed by atoms with Gasteiger partial charge in [0.15, 0.2) is 0 Å². The Morgan fingerprint density at radius 3 is 2.40 bits per heavy atom. The molecule has 0 amide bonds. The third kappa shape index (κ3) is 6.20. The number of piperidine rings is 1. The fourth-order valence-corrected chi connectivity index (χ4v) is 2.21. The predicted molar refractivity (Wildman–Crippen MR) is 62.3 cm³/mol. The van der Waals surface area contributed by atoms with Gasteiger partial charge in [-0.15, -0.1) is 0 Å². The maximum absolute atomic E-state index is 12.1. The molecule has 0 bridgehead atoms. The lowest BCUT2D eigenvalue weighted by atomic mass is 9.94. The van der Waals surface area contributed by atoms with Crippen LogP contribution in [0.25, 0.3) is 0 Å². The first-order valence-electron chi connectivity index (χ1n) is 6.14. The minimum absolute atomic E-state index is 0.106. The summed E-state index contributed by atoms with van der Waals surface area (Å²) in [5, 5.41) is 19.9. The van der Waals surface area contributed by atoms with E-state index in [1.54, 1.807) is 4.90 Å². The summed E-state index contributed by atoms with van der Waals surface area (Å²) < 4.78 is 36.4. The first kappa shape index (κ1) is 16.7. The van der Waals surface area contributed by atoms with Crippen LogP contribution in [0, 0.1) is 5.92 Å². The molecule has 6 nitrogen and oxygen atoms in total. The fourth-order valence-electron chi connectivity index (χ4n) is 2.21. The van der Waals surface area contributed by atoms with Crippen LogP contribution in [0.5, 0.6) is 0 Å². The van der Waals surface area contributed by atoms with Crippen LogP contribution in [-0.4, -0.2) is 65.4 Å². The van der Waals surface area contributed by atoms with E-state index in [0.717, 1.165) is 0 Å². The highest BCUT2D eigenvalue weighted by Gasteiger charge is 2.34. The van der Waals surface area contributed by atoms with Crippen LogP contribution in [0.1, 0.15) is 12.8 Å². The van der Waals surface area contributed by atoms with Crippen LogP contribution in [0.3, 0.4) is 0 Å². The lowest BCUT2D eigenvalue weighted by Gasteiger charge is -2.36. The highest BCUT2D eigenvalue weighted by atomic mass is 19.4. The minimum atomic E-state index is -4.36. The number of hydrogen-bond donors (Lipinski definition) is 3. The van der Waals surface area contributed by atoms with Gasteiger partial charge in [0.1, 0.15) is 0 Å². The van der Waals surface area contributed by atoms with Crippen molar-refractivity contribution in [3.63, 3.8) is 0 Å². The molecule has 0 saturated carbocycles. The average molecular weight is 298 g/mol. The van der Waals surface area contributed by atoms with Crippen molar-refractivity contribution in [1.29, 1.82) is 0 Å². The second-order valence-corrected chi connectivity index (χ2v) is 4.87. The number of halogens is 3. The molecule has 116 valence electrons. The summed E-state index contributed by atoms with van der Waals surface area (Å²) in [6.07, 6.45) is -4.42. The molecule has 3 N–H and O–H groups in total. The number of carboxylic acid groups (broad SMARTS) is 2. The maximum Gasteiger partial charge on any atom is 0.401 e. The van der Waals surface area contributed by atoms with Crippen molar-refractivity contribution in [3.05, 3.63) is 0 Å². The normalized spacial score (nSPS) is 24.6. The van der Waals surface area contributed by atoms with Gasteiger partial charge in [-0.25, -0.2) is 0 Å². The van der Waals surface area contributed by atoms with E-state index in [9.17, 15) is 22.8 Å². The van der Waals surface area contributed by atoms with Crippen molar-refractivity contribution in [3.8, 4) is 0 Å². The van der Waals surface area contributed by atoms with E-state index in [0.29, 0.717) is 0 Å². The Hall–Kier alpha value is -1.35. The van der Waals surface area contributed by atoms with Crippen LogP contribution in [0.15, 0.2) is 0 Å². The van der Waals surface area contributed by atoms with Gasteiger partial charge in [0.2, 0.25) is 0 Å². The van der Waals surface area contributed by atoms with Crippen LogP contribution in [0.4, 0.5) is 13.2 Å². The first-order chi connectivity index (χ1) is 9.17. The number of nitrogens with one attached hydrogen (secondary N) is 1. The third-order valence-electron chi connectivity index (χ3n) is 3.11. The molecule has 1 heterocycles. The van der Waals surface area contributed by atoms with Crippen LogP contribution >= 0.6 is 0 Å². The van der Waals surface area contributed by atoms with Crippen LogP contribution in [0.2, 0.25) is 0 Å². The molecule has 0 aromatic rings. The zero-order valence-electron chi connectivity index (χ0n) is 10.7. The van der Waals surface area contributed by atoms with E-state index in [4.69, 9.17) is 10.2 Å². The summed E-state index contributed by atoms with van der Waals surface area (Å²) >= 11 is 0. The molecule has 1 aliphatic heterocycles. The van der Waals surface area contributed by atoms with Gasteiger partial charge in [0.05, 0.1) is 18.9 Å². The summed E-state index contributed by atoms with van der Waals surface area (Å²) in [7, 11) is 0. The number of aliphatic carboxylic acids is 2. The number of nitrogens with zero attached hydrogens (tertiary/aromatic N) is 1. The molecule has 1 fully saturated rings. The van der Waals surface area contributed by atoms with E-state index in [1.807, 2.05) is 0 Å². The van der Waals surface area contributed by atoms with Gasteiger partial charge in [-0.1, -0.05) is 0 Å². The average Bonchev–Trinajstić information content (AvgIpc) is 2.33. The predicted octanol–water partition coefficient (Wildman–Crippen LogP) is 0.388. The Labute approximate surface area is 113 Å². The van der Waals surface area contributed by atoms with E-state index < -0.39 is 36.6 Å². The van der Waals surface area contributed by atoms with Crippen LogP contribution < -0.4 is 5.32 Å². The van der Waals surface area contributed by atoms with Gasteiger partial charge in [-0.2, -0.15) is 13.2 Å². The van der Waals surface area contributed by atoms with E-state index >= 15 is 0 Å². The van der Waals surface area contributed by atoms with Gasteiger partial charge < -0.3 is 20.4 Å². The molecule has 1 aliphatic rings. The summed E-state index contributed by atoms with van der Waals surface area (Å²) in [6.45, 7) is -0.681. The number of alkyl halides is 3. The molecule has 0 aromatic carbocycles. The smallest absolute Gasteiger partial charge is 0.401 e. The van der Waals surface area contributed by atoms with E-state index in [-0.39, 0.29) is 32.5 Å². The van der Waals surface area contributed by atoms with Gasteiger partial charge in [0.25, 0.3) is 0 Å². The molecular formula is C11H17F3N2O4. The molecule has 2 unspecified atom stereocenters. The van der Waals surface area contributed by atoms with Gasteiger partial charge in [0, 0.05) is 25.7 Å². The lowest BCUT2D eigenvalue weighted by Crippen LogP contribution is -2.52. The summed E-state index contributed by atoms with van der Waals surface area (Å²) in [5.41, 5.74) is 0. The van der Waals surface area contributed by atoms with E-state index in [2.05, 4.69) is 5.32 Å². The molecule has 9 heteroatoms. The van der Waals surface area contributed by atoms with Gasteiger partial charge >= 0.3 is 18.1 Å². The highest BCUT2D eigenvalue weighted by Crippen LogP contribution is 2.19. The zero-order chi connectivity index (χ0) is 15.3. The number of carboxylic acids is 2. The molecule has 0 spiro atoms. The van der Waals surface area contributed by atoms with Crippen molar-refractivity contribution in [1.82, 2.24) is 10.2 Å². The SMILES string of the molecule is O=C(O)CCN1CC(NCC(F)(F)F)CC(C(=O)O)C1. The Morgan fingerprint density at radius 1 is 1.25 bits per heavy atom. The molecule has 1 rings (SSSR count). The molecule has 0 radical (unpaired) electrons. The fraction of sp³-hybridized carbons (Fsp3) is 0.818. The quantitative estimate of drug-likeness (QED) is 0.657. The largest absolute Gasteiger partial charge is 0.481 e. The minimum Gasteiger partial charge on any atom is -0.481 e. The standard InChI is InChI=1S/C11H17F3N2O4/c12-11(13,14)6-15-8-3-7(10(19)20)4-16(5-8)2-1-9(17)18/h7-8,15H,1-6H2,(H,17,18)(H,19,20). The Bertz CT molecular complexity index is 362. The molecule has 1 saturated heterocycles. The molecule has 0 aromatic heterocycles. The summed E-state index contributed by atoms with van der Waals surface area (Å²) in [6, 6.07) is -0.611. The molecule has 0 aliphatic carbocycles. The van der Waals surface area contributed by atoms with Crippen LogP contribution in [-0.2, 0) is 9.59 Å². The summed E-state index contributed by atoms with van der Waals surface area (Å²) in [5.74, 6) is -2.89. The number of likely N-dealkylation sites (tertiary alicyclic amines) is 1. The summed E-state index contributed by atoms with van der Waals surface area (Å²) in [4.78, 5) is 23.1. The van der Waals surface area contributed by atoms with Crippen molar-refractivity contribution in [2.75, 3.05) is 26.2 Å². The Balaban J connectivity index is 2.56. The third-order valence-corrected chi connectivity index (χ3v) is 3.11. The zero-order valence-corrected chi connectivity index (χ0v) is 10.7. The highest BCUT2D eigenvalue weighted by molar-refractivity contribution is 5.70. The Kier molecular flexibility index (Phi) is 5.75. The maximum atomic E-state index is 12.1. The van der Waals surface area contributed by atoms with Crippen molar-refractivity contribution < 1.29 is 33.0 Å². The molecular weight excluding hydrogens is 281 g/mol. The Morgan fingerprint density at radius 2 is 1.90 bits per heavy atom. The number of hydrogen-bond acceptors (Lipinski definition) is 4. The topological polar surface area (TPSA) is 89.9 Å². The monoisotopic (exact) mass is 298 g/mol. The van der Waals surface area contributed by atoms with Gasteiger partial charge in [-0.05, 0) is 6.42 Å². The van der Waals surface area contributed by atoms with E-state index in [1.165, 1.54) is 0 Å². The first-order valence-corrected chi connectivity index (χ1v) is 6.14. The second-order valence-electron chi connectivity index (χ2n) is 4.87. The lowest BCUT2D eigenvalue weighted by molar-refractivity contribution is -0.144. The van der Waals surface area contributed by atoms with Crippen molar-refractivity contribution in [2.45, 2.75) is 25.1 Å². The second kappa shape index (κ2) is 6.89. The molecule has 20 heavy (non-hydrogen) atoms.